The van der Waals surface area contributed by atoms with Crippen molar-refractivity contribution in [3.05, 3.63) is 152 Å². The minimum atomic E-state index is 0.832. The molecule has 1 aromatic heterocycles. The van der Waals surface area contributed by atoms with E-state index in [-0.39, 0.29) is 0 Å². The predicted molar refractivity (Wildman–Crippen MR) is 183 cm³/mol. The quantitative estimate of drug-likeness (QED) is 0.209. The Morgan fingerprint density at radius 2 is 1.09 bits per heavy atom. The summed E-state index contributed by atoms with van der Waals surface area (Å²) in [5.41, 5.74) is 10.3. The van der Waals surface area contributed by atoms with Gasteiger partial charge in [0, 0.05) is 16.7 Å². The van der Waals surface area contributed by atoms with Gasteiger partial charge < -0.3 is 4.74 Å². The molecule has 208 valence electrons. The molecular weight excluding hydrogens is 536 g/mol. The molecule has 0 saturated carbocycles. The zero-order valence-electron chi connectivity index (χ0n) is 24.2. The van der Waals surface area contributed by atoms with E-state index < -0.39 is 0 Å². The fourth-order valence-corrected chi connectivity index (χ4v) is 6.30. The molecule has 0 radical (unpaired) electrons. The van der Waals surface area contributed by atoms with Crippen LogP contribution >= 0.6 is 0 Å². The number of rotatable bonds is 5. The first kappa shape index (κ1) is 25.9. The summed E-state index contributed by atoms with van der Waals surface area (Å²) in [6.45, 7) is 0. The number of benzene rings is 7. The summed E-state index contributed by atoms with van der Waals surface area (Å²) in [5, 5.41) is 4.64. The molecule has 0 fully saturated rings. The molecule has 0 aliphatic carbocycles. The molecule has 0 N–H and O–H groups in total. The van der Waals surface area contributed by atoms with Crippen molar-refractivity contribution in [1.82, 2.24) is 9.97 Å². The number of fused-ring (bicyclic) bond motifs is 3. The standard InChI is InChI=1S/C41H28N2O/c1-44-31-21-19-30-16-10-18-35(37(30)25-31)39-32-17-9-8-15-29(32)20-22-36(39)38-26-42-40-33(27-11-4-2-5-12-27)23-24-34(41(40)43-38)28-13-6-3-7-14-28/h2-26H,1H3. The third-order valence-electron chi connectivity index (χ3n) is 8.43. The van der Waals surface area contributed by atoms with Crippen LogP contribution < -0.4 is 4.74 Å². The number of methoxy groups -OCH3 is 1. The summed E-state index contributed by atoms with van der Waals surface area (Å²) in [4.78, 5) is 10.6. The van der Waals surface area contributed by atoms with E-state index in [0.29, 0.717) is 0 Å². The van der Waals surface area contributed by atoms with E-state index in [4.69, 9.17) is 14.7 Å². The van der Waals surface area contributed by atoms with Gasteiger partial charge in [-0.1, -0.05) is 133 Å². The molecular formula is C41H28N2O. The van der Waals surface area contributed by atoms with E-state index in [1.807, 2.05) is 24.4 Å². The summed E-state index contributed by atoms with van der Waals surface area (Å²) >= 11 is 0. The third kappa shape index (κ3) is 4.38. The van der Waals surface area contributed by atoms with Gasteiger partial charge >= 0.3 is 0 Å². The fourth-order valence-electron chi connectivity index (χ4n) is 6.30. The van der Waals surface area contributed by atoms with Crippen LogP contribution in [-0.4, -0.2) is 17.1 Å². The van der Waals surface area contributed by atoms with Crippen LogP contribution in [-0.2, 0) is 0 Å². The van der Waals surface area contributed by atoms with E-state index in [9.17, 15) is 0 Å². The van der Waals surface area contributed by atoms with Crippen molar-refractivity contribution in [3.63, 3.8) is 0 Å². The first-order chi connectivity index (χ1) is 21.8. The number of hydrogen-bond acceptors (Lipinski definition) is 3. The Morgan fingerprint density at radius 3 is 1.84 bits per heavy atom. The first-order valence-corrected chi connectivity index (χ1v) is 14.8. The molecule has 7 aromatic carbocycles. The second-order valence-corrected chi connectivity index (χ2v) is 10.9. The molecule has 0 atom stereocenters. The summed E-state index contributed by atoms with van der Waals surface area (Å²) in [6.07, 6.45) is 1.93. The van der Waals surface area contributed by atoms with Crippen LogP contribution in [0.2, 0.25) is 0 Å². The van der Waals surface area contributed by atoms with Crippen molar-refractivity contribution in [2.75, 3.05) is 7.11 Å². The van der Waals surface area contributed by atoms with Crippen LogP contribution in [0.25, 0.3) is 77.2 Å². The minimum Gasteiger partial charge on any atom is -0.497 e. The van der Waals surface area contributed by atoms with Gasteiger partial charge in [0.2, 0.25) is 0 Å². The maximum Gasteiger partial charge on any atom is 0.119 e. The predicted octanol–water partition coefficient (Wildman–Crippen LogP) is 10.6. The van der Waals surface area contributed by atoms with E-state index in [1.165, 1.54) is 10.8 Å². The number of hydrogen-bond donors (Lipinski definition) is 0. The highest BCUT2D eigenvalue weighted by Gasteiger charge is 2.18. The SMILES string of the molecule is COc1ccc2cccc(-c3c(-c4cnc5c(-c6ccccc6)ccc(-c6ccccc6)c5n4)ccc4ccccc34)c2c1. The van der Waals surface area contributed by atoms with E-state index in [1.54, 1.807) is 7.11 Å². The lowest BCUT2D eigenvalue weighted by molar-refractivity contribution is 0.415. The van der Waals surface area contributed by atoms with E-state index in [2.05, 4.69) is 127 Å². The van der Waals surface area contributed by atoms with Crippen LogP contribution in [0.3, 0.4) is 0 Å². The van der Waals surface area contributed by atoms with Crippen LogP contribution in [0.1, 0.15) is 0 Å². The van der Waals surface area contributed by atoms with Crippen molar-refractivity contribution in [3.8, 4) is 50.4 Å². The maximum absolute atomic E-state index is 5.64. The maximum atomic E-state index is 5.64. The van der Waals surface area contributed by atoms with Crippen LogP contribution in [0, 0.1) is 0 Å². The molecule has 8 aromatic rings. The topological polar surface area (TPSA) is 35.0 Å². The van der Waals surface area contributed by atoms with Gasteiger partial charge in [0.1, 0.15) is 5.75 Å². The molecule has 1 heterocycles. The Labute approximate surface area is 256 Å². The molecule has 0 bridgehead atoms. The van der Waals surface area contributed by atoms with Crippen molar-refractivity contribution in [1.29, 1.82) is 0 Å². The van der Waals surface area contributed by atoms with Gasteiger partial charge in [-0.15, -0.1) is 0 Å². The largest absolute Gasteiger partial charge is 0.497 e. The van der Waals surface area contributed by atoms with Gasteiger partial charge in [-0.3, -0.25) is 4.98 Å². The Kier molecular flexibility index (Phi) is 6.35. The van der Waals surface area contributed by atoms with Gasteiger partial charge in [0.15, 0.2) is 0 Å². The van der Waals surface area contributed by atoms with Crippen molar-refractivity contribution in [2.24, 2.45) is 0 Å². The normalized spacial score (nSPS) is 11.3. The average molecular weight is 565 g/mol. The Bertz CT molecular complexity index is 2310. The molecule has 3 heteroatoms. The molecule has 3 nitrogen and oxygen atoms in total. The van der Waals surface area contributed by atoms with Crippen molar-refractivity contribution >= 4 is 32.6 Å². The van der Waals surface area contributed by atoms with Crippen molar-refractivity contribution < 1.29 is 4.74 Å². The van der Waals surface area contributed by atoms with Crippen LogP contribution in [0.5, 0.6) is 5.75 Å². The zero-order valence-corrected chi connectivity index (χ0v) is 24.2. The summed E-state index contributed by atoms with van der Waals surface area (Å²) in [7, 11) is 1.71. The summed E-state index contributed by atoms with van der Waals surface area (Å²) < 4.78 is 5.64. The monoisotopic (exact) mass is 564 g/mol. The Hall–Kier alpha value is -5.80. The van der Waals surface area contributed by atoms with E-state index >= 15 is 0 Å². The summed E-state index contributed by atoms with van der Waals surface area (Å²) in [5.74, 6) is 0.832. The zero-order chi connectivity index (χ0) is 29.5. The molecule has 0 spiro atoms. The molecule has 0 aliphatic heterocycles. The lowest BCUT2D eigenvalue weighted by Gasteiger charge is -2.17. The Morgan fingerprint density at radius 1 is 0.477 bits per heavy atom. The van der Waals surface area contributed by atoms with Gasteiger partial charge in [-0.2, -0.15) is 0 Å². The second-order valence-electron chi connectivity index (χ2n) is 10.9. The smallest absolute Gasteiger partial charge is 0.119 e. The Balaban J connectivity index is 1.44. The van der Waals surface area contributed by atoms with Gasteiger partial charge in [-0.25, -0.2) is 4.98 Å². The third-order valence-corrected chi connectivity index (χ3v) is 8.43. The number of nitrogens with zero attached hydrogens (tertiary/aromatic N) is 2. The van der Waals surface area contributed by atoms with E-state index in [0.717, 1.165) is 72.2 Å². The highest BCUT2D eigenvalue weighted by molar-refractivity contribution is 6.11. The second kappa shape index (κ2) is 10.8. The highest BCUT2D eigenvalue weighted by Crippen LogP contribution is 2.42. The lowest BCUT2D eigenvalue weighted by atomic mass is 9.89. The lowest BCUT2D eigenvalue weighted by Crippen LogP contribution is -1.96. The molecule has 0 unspecified atom stereocenters. The summed E-state index contributed by atoms with van der Waals surface area (Å²) in [6, 6.07) is 50.9. The molecule has 0 aliphatic rings. The van der Waals surface area contributed by atoms with Crippen molar-refractivity contribution in [2.45, 2.75) is 0 Å². The molecule has 44 heavy (non-hydrogen) atoms. The number of ether oxygens (including phenoxy) is 1. The van der Waals surface area contributed by atoms with Gasteiger partial charge in [0.05, 0.1) is 30.0 Å². The molecule has 0 saturated heterocycles. The van der Waals surface area contributed by atoms with Crippen LogP contribution in [0.15, 0.2) is 152 Å². The van der Waals surface area contributed by atoms with Crippen LogP contribution in [0.4, 0.5) is 0 Å². The van der Waals surface area contributed by atoms with Gasteiger partial charge in [0.25, 0.3) is 0 Å². The fraction of sp³-hybridized carbons (Fsp3) is 0.0244. The average Bonchev–Trinajstić information content (AvgIpc) is 3.10. The highest BCUT2D eigenvalue weighted by atomic mass is 16.5. The minimum absolute atomic E-state index is 0.832. The number of aromatic nitrogens is 2. The first-order valence-electron chi connectivity index (χ1n) is 14.8. The van der Waals surface area contributed by atoms with Gasteiger partial charge in [-0.05, 0) is 55.9 Å². The molecule has 0 amide bonds. The molecule has 8 rings (SSSR count).